The van der Waals surface area contributed by atoms with Gasteiger partial charge >= 0.3 is 0 Å². The lowest BCUT2D eigenvalue weighted by molar-refractivity contribution is 0.710. The Morgan fingerprint density at radius 3 is 2.22 bits per heavy atom. The van der Waals surface area contributed by atoms with Crippen molar-refractivity contribution in [1.82, 2.24) is 0 Å². The van der Waals surface area contributed by atoms with Gasteiger partial charge in [-0.1, -0.05) is 97.5 Å². The molecule has 0 heterocycles. The second-order valence-electron chi connectivity index (χ2n) is 8.77. The molecular formula is C31H33N. The average Bonchev–Trinajstić information content (AvgIpc) is 2.81. The van der Waals surface area contributed by atoms with E-state index < -0.39 is 0 Å². The van der Waals surface area contributed by atoms with Gasteiger partial charge in [0.2, 0.25) is 0 Å². The average molecular weight is 420 g/mol. The van der Waals surface area contributed by atoms with Crippen LogP contribution in [-0.2, 0) is 0 Å². The van der Waals surface area contributed by atoms with Crippen molar-refractivity contribution in [3.05, 3.63) is 108 Å². The van der Waals surface area contributed by atoms with Crippen LogP contribution in [0.2, 0.25) is 0 Å². The van der Waals surface area contributed by atoms with Crippen LogP contribution < -0.4 is 4.90 Å². The van der Waals surface area contributed by atoms with Gasteiger partial charge in [-0.3, -0.25) is 0 Å². The number of benzene rings is 4. The van der Waals surface area contributed by atoms with Crippen LogP contribution in [-0.4, -0.2) is 6.04 Å². The fraction of sp³-hybridized carbons (Fsp3) is 0.226. The Labute approximate surface area is 192 Å². The van der Waals surface area contributed by atoms with Crippen molar-refractivity contribution in [1.29, 1.82) is 0 Å². The molecule has 0 radical (unpaired) electrons. The topological polar surface area (TPSA) is 3.24 Å². The molecule has 1 unspecified atom stereocenters. The summed E-state index contributed by atoms with van der Waals surface area (Å²) in [5.74, 6) is 0. The Balaban J connectivity index is 1.91. The summed E-state index contributed by atoms with van der Waals surface area (Å²) < 4.78 is 0. The first-order valence-corrected chi connectivity index (χ1v) is 11.6. The molecule has 0 aliphatic carbocycles. The quantitative estimate of drug-likeness (QED) is 0.270. The van der Waals surface area contributed by atoms with E-state index >= 15 is 0 Å². The lowest BCUT2D eigenvalue weighted by Gasteiger charge is -2.34. The highest BCUT2D eigenvalue weighted by Crippen LogP contribution is 2.40. The SMILES string of the molecule is C=C(CC(C)N(c1cccc2ccccc12)c1ccc(C)c2ccccc12)/C(C)=C\CC. The van der Waals surface area contributed by atoms with Gasteiger partial charge in [-0.2, -0.15) is 0 Å². The Morgan fingerprint density at radius 2 is 1.47 bits per heavy atom. The fourth-order valence-corrected chi connectivity index (χ4v) is 4.73. The van der Waals surface area contributed by atoms with Gasteiger partial charge in [-0.05, 0) is 62.1 Å². The molecule has 32 heavy (non-hydrogen) atoms. The van der Waals surface area contributed by atoms with Gasteiger partial charge in [0.15, 0.2) is 0 Å². The summed E-state index contributed by atoms with van der Waals surface area (Å²) >= 11 is 0. The van der Waals surface area contributed by atoms with Crippen molar-refractivity contribution in [3.63, 3.8) is 0 Å². The number of rotatable bonds is 7. The highest BCUT2D eigenvalue weighted by atomic mass is 15.2. The Morgan fingerprint density at radius 1 is 0.844 bits per heavy atom. The molecule has 1 heteroatoms. The number of nitrogens with zero attached hydrogens (tertiary/aromatic N) is 1. The minimum Gasteiger partial charge on any atom is -0.337 e. The molecule has 1 nitrogen and oxygen atoms in total. The van der Waals surface area contributed by atoms with Crippen LogP contribution in [0, 0.1) is 6.92 Å². The van der Waals surface area contributed by atoms with Crippen LogP contribution in [0.15, 0.2) is 103 Å². The summed E-state index contributed by atoms with van der Waals surface area (Å²) in [6, 6.07) is 28.8. The number of hydrogen-bond acceptors (Lipinski definition) is 1. The smallest absolute Gasteiger partial charge is 0.0493 e. The predicted octanol–water partition coefficient (Wildman–Crippen LogP) is 9.13. The van der Waals surface area contributed by atoms with Crippen molar-refractivity contribution in [3.8, 4) is 0 Å². The van der Waals surface area contributed by atoms with E-state index in [4.69, 9.17) is 0 Å². The second kappa shape index (κ2) is 9.44. The third kappa shape index (κ3) is 4.21. The third-order valence-electron chi connectivity index (χ3n) is 6.46. The first-order chi connectivity index (χ1) is 15.5. The zero-order valence-corrected chi connectivity index (χ0v) is 19.7. The summed E-state index contributed by atoms with van der Waals surface area (Å²) in [6.07, 6.45) is 4.22. The van der Waals surface area contributed by atoms with Gasteiger partial charge in [0.1, 0.15) is 0 Å². The highest BCUT2D eigenvalue weighted by Gasteiger charge is 2.22. The molecule has 0 aromatic heterocycles. The zero-order chi connectivity index (χ0) is 22.7. The standard InChI is InChI=1S/C31H33N/c1-6-12-22(2)24(4)21-25(5)32(30-18-11-14-26-13-7-8-16-28(26)30)31-20-19-23(3)27-15-9-10-17-29(27)31/h7-20,25H,4,6,21H2,1-3,5H3/b22-12-. The van der Waals surface area contributed by atoms with E-state index in [1.807, 2.05) is 0 Å². The normalized spacial score (nSPS) is 12.8. The lowest BCUT2D eigenvalue weighted by Crippen LogP contribution is -2.29. The van der Waals surface area contributed by atoms with E-state index in [-0.39, 0.29) is 6.04 Å². The van der Waals surface area contributed by atoms with Crippen LogP contribution in [0.1, 0.15) is 39.2 Å². The molecule has 4 aromatic rings. The predicted molar refractivity (Wildman–Crippen MR) is 142 cm³/mol. The minimum absolute atomic E-state index is 0.250. The fourth-order valence-electron chi connectivity index (χ4n) is 4.73. The van der Waals surface area contributed by atoms with Gasteiger partial charge in [0, 0.05) is 28.2 Å². The van der Waals surface area contributed by atoms with Crippen LogP contribution in [0.25, 0.3) is 21.5 Å². The van der Waals surface area contributed by atoms with Crippen LogP contribution >= 0.6 is 0 Å². The van der Waals surface area contributed by atoms with Gasteiger partial charge < -0.3 is 4.90 Å². The van der Waals surface area contributed by atoms with Gasteiger partial charge in [-0.15, -0.1) is 0 Å². The van der Waals surface area contributed by atoms with Crippen molar-refractivity contribution in [2.45, 2.75) is 46.6 Å². The maximum absolute atomic E-state index is 4.43. The van der Waals surface area contributed by atoms with Gasteiger partial charge in [0.25, 0.3) is 0 Å². The summed E-state index contributed by atoms with van der Waals surface area (Å²) in [4.78, 5) is 2.52. The molecule has 162 valence electrons. The summed E-state index contributed by atoms with van der Waals surface area (Å²) in [6.45, 7) is 13.3. The number of allylic oxidation sites excluding steroid dienone is 2. The first-order valence-electron chi connectivity index (χ1n) is 11.6. The lowest BCUT2D eigenvalue weighted by atomic mass is 9.96. The van der Waals surface area contributed by atoms with Crippen LogP contribution in [0.4, 0.5) is 11.4 Å². The molecular weight excluding hydrogens is 386 g/mol. The molecule has 4 rings (SSSR count). The Bertz CT molecular complexity index is 1290. The molecule has 0 fully saturated rings. The van der Waals surface area contributed by atoms with Crippen LogP contribution in [0.5, 0.6) is 0 Å². The van der Waals surface area contributed by atoms with E-state index in [2.05, 4.69) is 124 Å². The van der Waals surface area contributed by atoms with Crippen molar-refractivity contribution >= 4 is 32.9 Å². The molecule has 0 amide bonds. The molecule has 4 aromatic carbocycles. The first kappa shape index (κ1) is 21.9. The Hall–Kier alpha value is -3.32. The van der Waals surface area contributed by atoms with Crippen molar-refractivity contribution in [2.24, 2.45) is 0 Å². The van der Waals surface area contributed by atoms with Gasteiger partial charge in [-0.25, -0.2) is 0 Å². The molecule has 0 saturated heterocycles. The van der Waals surface area contributed by atoms with E-state index in [9.17, 15) is 0 Å². The largest absolute Gasteiger partial charge is 0.337 e. The summed E-state index contributed by atoms with van der Waals surface area (Å²) in [5.41, 5.74) is 6.31. The van der Waals surface area contributed by atoms with E-state index in [0.717, 1.165) is 12.8 Å². The number of anilines is 2. The second-order valence-corrected chi connectivity index (χ2v) is 8.77. The highest BCUT2D eigenvalue weighted by molar-refractivity contribution is 6.02. The molecule has 0 N–H and O–H groups in total. The van der Waals surface area contributed by atoms with Gasteiger partial charge in [0.05, 0.1) is 0 Å². The third-order valence-corrected chi connectivity index (χ3v) is 6.46. The number of fused-ring (bicyclic) bond motifs is 2. The van der Waals surface area contributed by atoms with E-state index in [1.54, 1.807) is 0 Å². The van der Waals surface area contributed by atoms with Crippen molar-refractivity contribution in [2.75, 3.05) is 4.90 Å². The molecule has 1 atom stereocenters. The minimum atomic E-state index is 0.250. The Kier molecular flexibility index (Phi) is 6.46. The molecule has 0 aliphatic heterocycles. The molecule has 0 aliphatic rings. The zero-order valence-electron chi connectivity index (χ0n) is 19.7. The molecule has 0 bridgehead atoms. The van der Waals surface area contributed by atoms with Crippen LogP contribution in [0.3, 0.4) is 0 Å². The maximum atomic E-state index is 4.43. The number of hydrogen-bond donors (Lipinski definition) is 0. The molecule has 0 spiro atoms. The summed E-state index contributed by atoms with van der Waals surface area (Å²) in [5, 5.41) is 5.14. The van der Waals surface area contributed by atoms with E-state index in [0.29, 0.717) is 0 Å². The monoisotopic (exact) mass is 419 g/mol. The maximum Gasteiger partial charge on any atom is 0.0493 e. The number of aryl methyl sites for hydroxylation is 1. The van der Waals surface area contributed by atoms with Crippen molar-refractivity contribution < 1.29 is 0 Å². The molecule has 0 saturated carbocycles. The van der Waals surface area contributed by atoms with E-state index in [1.165, 1.54) is 49.6 Å². The summed E-state index contributed by atoms with van der Waals surface area (Å²) in [7, 11) is 0.